The molecule has 5 unspecified atom stereocenters. The van der Waals surface area contributed by atoms with Gasteiger partial charge in [-0.1, -0.05) is 67.6 Å². The number of nitrogens with two attached hydrogens (primary N) is 1. The summed E-state index contributed by atoms with van der Waals surface area (Å²) in [5, 5.41) is 5.35. The van der Waals surface area contributed by atoms with Crippen molar-refractivity contribution < 1.29 is 33.4 Å². The maximum absolute atomic E-state index is 14.3. The zero-order chi connectivity index (χ0) is 33.5. The van der Waals surface area contributed by atoms with Crippen molar-refractivity contribution in [1.82, 2.24) is 15.5 Å². The highest BCUT2D eigenvalue weighted by Crippen LogP contribution is 2.41. The van der Waals surface area contributed by atoms with Gasteiger partial charge in [0.1, 0.15) is 29.3 Å². The Kier molecular flexibility index (Phi) is 11.4. The van der Waals surface area contributed by atoms with Crippen molar-refractivity contribution in [2.24, 2.45) is 11.7 Å². The first-order valence-electron chi connectivity index (χ1n) is 15.2. The van der Waals surface area contributed by atoms with Gasteiger partial charge in [0.15, 0.2) is 0 Å². The summed E-state index contributed by atoms with van der Waals surface area (Å²) < 4.78 is 11.0. The first-order valence-corrected chi connectivity index (χ1v) is 15.2. The molecule has 0 saturated heterocycles. The van der Waals surface area contributed by atoms with Crippen molar-refractivity contribution in [1.29, 1.82) is 0 Å². The molecule has 3 rings (SSSR count). The summed E-state index contributed by atoms with van der Waals surface area (Å²) in [5.74, 6) is -2.69. The Hall–Kier alpha value is -4.41. The number of amides is 4. The van der Waals surface area contributed by atoms with Crippen LogP contribution in [0.1, 0.15) is 78.5 Å². The van der Waals surface area contributed by atoms with Gasteiger partial charge in [0, 0.05) is 12.5 Å². The fourth-order valence-electron chi connectivity index (χ4n) is 4.94. The summed E-state index contributed by atoms with van der Waals surface area (Å²) in [5.41, 5.74) is 5.11. The molecule has 4 amide bonds. The molecule has 2 aromatic rings. The van der Waals surface area contributed by atoms with Crippen molar-refractivity contribution >= 4 is 29.8 Å². The van der Waals surface area contributed by atoms with E-state index in [1.165, 1.54) is 4.90 Å². The lowest BCUT2D eigenvalue weighted by Gasteiger charge is -2.35. The van der Waals surface area contributed by atoms with E-state index in [0.29, 0.717) is 12.0 Å². The minimum absolute atomic E-state index is 0.0367. The van der Waals surface area contributed by atoms with Crippen LogP contribution in [0.4, 0.5) is 4.79 Å². The van der Waals surface area contributed by atoms with Gasteiger partial charge in [-0.2, -0.15) is 0 Å². The van der Waals surface area contributed by atoms with Crippen molar-refractivity contribution in [2.75, 3.05) is 0 Å². The number of ether oxygens (including phenoxy) is 2. The van der Waals surface area contributed by atoms with E-state index in [4.69, 9.17) is 15.2 Å². The molecule has 45 heavy (non-hydrogen) atoms. The predicted octanol–water partition coefficient (Wildman–Crippen LogP) is 3.80. The van der Waals surface area contributed by atoms with Gasteiger partial charge < -0.3 is 30.7 Å². The molecule has 11 nitrogen and oxygen atoms in total. The second-order valence-corrected chi connectivity index (χ2v) is 13.5. The SMILES string of the molecule is CC1CC1N(C(=O)C(CC(N)=O)NC(=O)OC(C)(C)C)C(C(=O)NC(Cc1ccccc1)C(=O)OC(C)(C)C)c1ccccc1. The van der Waals surface area contributed by atoms with Crippen LogP contribution in [0, 0.1) is 5.92 Å². The number of rotatable bonds is 12. The van der Waals surface area contributed by atoms with E-state index in [-0.39, 0.29) is 18.4 Å². The Bertz CT molecular complexity index is 1350. The van der Waals surface area contributed by atoms with Gasteiger partial charge >= 0.3 is 12.1 Å². The Morgan fingerprint density at radius 1 is 0.844 bits per heavy atom. The molecule has 244 valence electrons. The number of nitrogens with zero attached hydrogens (tertiary/aromatic N) is 1. The van der Waals surface area contributed by atoms with Crippen LogP contribution in [0.25, 0.3) is 0 Å². The first-order chi connectivity index (χ1) is 20.9. The molecule has 1 aliphatic carbocycles. The molecule has 1 aliphatic rings. The molecule has 2 aromatic carbocycles. The van der Waals surface area contributed by atoms with Crippen LogP contribution in [0.2, 0.25) is 0 Å². The van der Waals surface area contributed by atoms with Crippen LogP contribution < -0.4 is 16.4 Å². The summed E-state index contributed by atoms with van der Waals surface area (Å²) in [6, 6.07) is 13.8. The molecule has 1 saturated carbocycles. The van der Waals surface area contributed by atoms with Gasteiger partial charge in [-0.25, -0.2) is 9.59 Å². The maximum atomic E-state index is 14.3. The predicted molar refractivity (Wildman–Crippen MR) is 168 cm³/mol. The van der Waals surface area contributed by atoms with Crippen LogP contribution in [0.3, 0.4) is 0 Å². The van der Waals surface area contributed by atoms with E-state index in [1.54, 1.807) is 71.9 Å². The molecule has 0 bridgehead atoms. The summed E-state index contributed by atoms with van der Waals surface area (Å²) >= 11 is 0. The molecule has 0 heterocycles. The number of benzene rings is 2. The molecule has 11 heteroatoms. The summed E-state index contributed by atoms with van der Waals surface area (Å²) in [6.07, 6.45) is -0.661. The Morgan fingerprint density at radius 2 is 1.38 bits per heavy atom. The summed E-state index contributed by atoms with van der Waals surface area (Å²) in [6.45, 7) is 12.2. The molecular weight excluding hydrogens is 576 g/mol. The largest absolute Gasteiger partial charge is 0.458 e. The molecule has 0 aliphatic heterocycles. The molecule has 5 atom stereocenters. The van der Waals surface area contributed by atoms with Gasteiger partial charge in [-0.15, -0.1) is 0 Å². The standard InChI is InChI=1S/C34H46N4O7/c1-21-18-26(21)38(30(41)24(20-27(35)39)37-32(43)45-34(5,6)7)28(23-16-12-9-13-17-23)29(40)36-25(31(42)44-33(2,3)4)19-22-14-10-8-11-15-22/h8-17,21,24-26,28H,18-20H2,1-7H3,(H2,35,39)(H,36,40)(H,37,43). The van der Waals surface area contributed by atoms with Gasteiger partial charge in [-0.3, -0.25) is 14.4 Å². The quantitative estimate of drug-likeness (QED) is 0.304. The second-order valence-electron chi connectivity index (χ2n) is 13.5. The Balaban J connectivity index is 2.03. The van der Waals surface area contributed by atoms with Crippen molar-refractivity contribution in [3.63, 3.8) is 0 Å². The molecular formula is C34H46N4O7. The molecule has 0 spiro atoms. The third kappa shape index (κ3) is 10.9. The number of hydrogen-bond acceptors (Lipinski definition) is 7. The topological polar surface area (TPSA) is 157 Å². The summed E-state index contributed by atoms with van der Waals surface area (Å²) in [4.78, 5) is 68.2. The third-order valence-corrected chi connectivity index (χ3v) is 7.01. The number of carbonyl (C=O) groups is 5. The fourth-order valence-corrected chi connectivity index (χ4v) is 4.94. The van der Waals surface area contributed by atoms with E-state index in [2.05, 4.69) is 10.6 Å². The normalized spacial score (nSPS) is 18.0. The number of esters is 1. The zero-order valence-corrected chi connectivity index (χ0v) is 27.2. The van der Waals surface area contributed by atoms with Crippen molar-refractivity contribution in [2.45, 2.75) is 103 Å². The first kappa shape index (κ1) is 35.1. The minimum Gasteiger partial charge on any atom is -0.458 e. The number of primary amides is 1. The number of carbonyl (C=O) groups excluding carboxylic acids is 5. The van der Waals surface area contributed by atoms with E-state index < -0.39 is 65.5 Å². The molecule has 0 radical (unpaired) electrons. The highest BCUT2D eigenvalue weighted by Gasteiger charge is 2.49. The van der Waals surface area contributed by atoms with Crippen molar-refractivity contribution in [3.8, 4) is 0 Å². The van der Waals surface area contributed by atoms with E-state index in [9.17, 15) is 24.0 Å². The van der Waals surface area contributed by atoms with Crippen LogP contribution >= 0.6 is 0 Å². The number of hydrogen-bond donors (Lipinski definition) is 3. The molecule has 1 fully saturated rings. The molecule has 0 aromatic heterocycles. The van der Waals surface area contributed by atoms with E-state index in [0.717, 1.165) is 5.56 Å². The second kappa shape index (κ2) is 14.6. The Labute approximate surface area is 265 Å². The van der Waals surface area contributed by atoms with Crippen LogP contribution in [-0.4, -0.2) is 64.0 Å². The van der Waals surface area contributed by atoms with Gasteiger partial charge in [0.05, 0.1) is 6.42 Å². The molecule has 4 N–H and O–H groups in total. The van der Waals surface area contributed by atoms with Crippen molar-refractivity contribution in [3.05, 3.63) is 71.8 Å². The highest BCUT2D eigenvalue weighted by atomic mass is 16.6. The minimum atomic E-state index is -1.39. The monoisotopic (exact) mass is 622 g/mol. The zero-order valence-electron chi connectivity index (χ0n) is 27.2. The van der Waals surface area contributed by atoms with Gasteiger partial charge in [0.2, 0.25) is 17.7 Å². The average Bonchev–Trinajstić information content (AvgIpc) is 3.64. The summed E-state index contributed by atoms with van der Waals surface area (Å²) in [7, 11) is 0. The van der Waals surface area contributed by atoms with E-state index in [1.807, 2.05) is 37.3 Å². The fraction of sp³-hybridized carbons (Fsp3) is 0.500. The van der Waals surface area contributed by atoms with Crippen LogP contribution in [-0.2, 0) is 35.1 Å². The number of alkyl carbamates (subject to hydrolysis) is 1. The third-order valence-electron chi connectivity index (χ3n) is 7.01. The highest BCUT2D eigenvalue weighted by molar-refractivity contribution is 5.96. The average molecular weight is 623 g/mol. The van der Waals surface area contributed by atoms with E-state index >= 15 is 0 Å². The van der Waals surface area contributed by atoms with Gasteiger partial charge in [0.25, 0.3) is 0 Å². The van der Waals surface area contributed by atoms with Crippen LogP contribution in [0.5, 0.6) is 0 Å². The smallest absolute Gasteiger partial charge is 0.408 e. The van der Waals surface area contributed by atoms with Gasteiger partial charge in [-0.05, 0) is 65.0 Å². The lowest BCUT2D eigenvalue weighted by Crippen LogP contribution is -2.56. The lowest BCUT2D eigenvalue weighted by molar-refractivity contribution is -0.159. The number of nitrogens with one attached hydrogen (secondary N) is 2. The van der Waals surface area contributed by atoms with Crippen LogP contribution in [0.15, 0.2) is 60.7 Å². The maximum Gasteiger partial charge on any atom is 0.408 e. The lowest BCUT2D eigenvalue weighted by atomic mass is 10.00. The Morgan fingerprint density at radius 3 is 1.87 bits per heavy atom.